The standard InChI is InChI=1S/C10H14O5/c1-9(13)3-2-5-6(7(9)11)15-8(12)10(5)4-14-10/h5-7,11,13H,2-4H2,1H3. The van der Waals surface area contributed by atoms with Crippen molar-refractivity contribution in [2.75, 3.05) is 6.61 Å². The monoisotopic (exact) mass is 214 g/mol. The van der Waals surface area contributed by atoms with Crippen molar-refractivity contribution in [2.45, 2.75) is 43.2 Å². The van der Waals surface area contributed by atoms with E-state index in [0.29, 0.717) is 19.4 Å². The summed E-state index contributed by atoms with van der Waals surface area (Å²) in [5.41, 5.74) is -1.95. The third kappa shape index (κ3) is 1.06. The maximum Gasteiger partial charge on any atom is 0.341 e. The van der Waals surface area contributed by atoms with Gasteiger partial charge in [-0.05, 0) is 19.8 Å². The smallest absolute Gasteiger partial charge is 0.341 e. The van der Waals surface area contributed by atoms with Crippen molar-refractivity contribution < 1.29 is 24.5 Å². The van der Waals surface area contributed by atoms with Crippen LogP contribution in [0.4, 0.5) is 0 Å². The van der Waals surface area contributed by atoms with Crippen LogP contribution in [0.5, 0.6) is 0 Å². The van der Waals surface area contributed by atoms with Crippen molar-refractivity contribution in [3.05, 3.63) is 0 Å². The first-order chi connectivity index (χ1) is 6.97. The fourth-order valence-electron chi connectivity index (χ4n) is 2.76. The zero-order valence-corrected chi connectivity index (χ0v) is 8.47. The number of carbonyl (C=O) groups is 1. The number of ether oxygens (including phenoxy) is 2. The van der Waals surface area contributed by atoms with E-state index in [9.17, 15) is 15.0 Å². The highest BCUT2D eigenvalue weighted by atomic mass is 16.7. The fourth-order valence-corrected chi connectivity index (χ4v) is 2.76. The lowest BCUT2D eigenvalue weighted by molar-refractivity contribution is -0.168. The molecule has 3 fully saturated rings. The molecule has 1 aliphatic carbocycles. The van der Waals surface area contributed by atoms with Crippen molar-refractivity contribution in [3.8, 4) is 0 Å². The van der Waals surface area contributed by atoms with Crippen molar-refractivity contribution in [2.24, 2.45) is 5.92 Å². The lowest BCUT2D eigenvalue weighted by Crippen LogP contribution is -2.54. The molecule has 5 heteroatoms. The third-order valence-electron chi connectivity index (χ3n) is 3.95. The zero-order chi connectivity index (χ0) is 10.8. The minimum Gasteiger partial charge on any atom is -0.457 e. The minimum absolute atomic E-state index is 0.0970. The first-order valence-corrected chi connectivity index (χ1v) is 5.23. The topological polar surface area (TPSA) is 79.3 Å². The van der Waals surface area contributed by atoms with E-state index < -0.39 is 23.4 Å². The van der Waals surface area contributed by atoms with Gasteiger partial charge in [-0.3, -0.25) is 0 Å². The summed E-state index contributed by atoms with van der Waals surface area (Å²) < 4.78 is 10.3. The Balaban J connectivity index is 1.91. The molecule has 0 aromatic carbocycles. The predicted octanol–water partition coefficient (Wildman–Crippen LogP) is -0.797. The molecule has 2 N–H and O–H groups in total. The summed E-state index contributed by atoms with van der Waals surface area (Å²) >= 11 is 0. The highest BCUT2D eigenvalue weighted by Gasteiger charge is 2.70. The summed E-state index contributed by atoms with van der Waals surface area (Å²) in [6.07, 6.45) is -0.495. The molecule has 5 unspecified atom stereocenters. The van der Waals surface area contributed by atoms with Gasteiger partial charge in [0.05, 0.1) is 12.2 Å². The molecule has 0 aromatic rings. The van der Waals surface area contributed by atoms with Gasteiger partial charge in [0.25, 0.3) is 0 Å². The molecule has 1 saturated carbocycles. The Bertz CT molecular complexity index is 320. The molecule has 1 spiro atoms. The van der Waals surface area contributed by atoms with E-state index in [1.54, 1.807) is 6.92 Å². The van der Waals surface area contributed by atoms with Crippen LogP contribution in [0.2, 0.25) is 0 Å². The highest BCUT2D eigenvalue weighted by molar-refractivity contribution is 5.85. The van der Waals surface area contributed by atoms with Crippen molar-refractivity contribution >= 4 is 5.97 Å². The summed E-state index contributed by atoms with van der Waals surface area (Å²) in [6.45, 7) is 1.96. The summed E-state index contributed by atoms with van der Waals surface area (Å²) in [5, 5.41) is 19.8. The van der Waals surface area contributed by atoms with Gasteiger partial charge in [0.1, 0.15) is 12.2 Å². The van der Waals surface area contributed by atoms with Crippen molar-refractivity contribution in [3.63, 3.8) is 0 Å². The molecule has 15 heavy (non-hydrogen) atoms. The van der Waals surface area contributed by atoms with Gasteiger partial charge in [-0.15, -0.1) is 0 Å². The molecule has 5 nitrogen and oxygen atoms in total. The maximum atomic E-state index is 11.5. The van der Waals surface area contributed by atoms with Crippen molar-refractivity contribution in [1.82, 2.24) is 0 Å². The molecule has 2 aliphatic heterocycles. The molecular formula is C10H14O5. The summed E-state index contributed by atoms with van der Waals surface area (Å²) in [6, 6.07) is 0. The Morgan fingerprint density at radius 2 is 2.20 bits per heavy atom. The number of hydrogen-bond donors (Lipinski definition) is 2. The summed E-state index contributed by atoms with van der Waals surface area (Å²) in [5.74, 6) is -0.477. The van der Waals surface area contributed by atoms with Crippen LogP contribution >= 0.6 is 0 Å². The second-order valence-corrected chi connectivity index (χ2v) is 5.00. The Morgan fingerprint density at radius 1 is 1.53 bits per heavy atom. The van der Waals surface area contributed by atoms with Crippen molar-refractivity contribution in [1.29, 1.82) is 0 Å². The van der Waals surface area contributed by atoms with E-state index in [1.165, 1.54) is 0 Å². The average Bonchev–Trinajstić information content (AvgIpc) is 2.88. The van der Waals surface area contributed by atoms with Crippen LogP contribution in [0.15, 0.2) is 0 Å². The normalized spacial score (nSPS) is 57.8. The average molecular weight is 214 g/mol. The largest absolute Gasteiger partial charge is 0.457 e. The maximum absolute atomic E-state index is 11.5. The SMILES string of the molecule is CC1(O)CCC2C(OC(=O)C23CO3)C1O. The summed E-state index contributed by atoms with van der Waals surface area (Å²) in [7, 11) is 0. The van der Waals surface area contributed by atoms with Gasteiger partial charge in [-0.25, -0.2) is 4.79 Å². The second-order valence-electron chi connectivity index (χ2n) is 5.00. The van der Waals surface area contributed by atoms with Crippen LogP contribution in [0.1, 0.15) is 19.8 Å². The van der Waals surface area contributed by atoms with Gasteiger partial charge in [0, 0.05) is 5.92 Å². The Kier molecular flexibility index (Phi) is 1.62. The molecule has 2 saturated heterocycles. The number of aliphatic hydroxyl groups excluding tert-OH is 1. The molecule has 0 radical (unpaired) electrons. The number of hydrogen-bond acceptors (Lipinski definition) is 5. The van der Waals surface area contributed by atoms with E-state index in [0.717, 1.165) is 0 Å². The molecule has 3 rings (SSSR count). The van der Waals surface area contributed by atoms with E-state index in [1.807, 2.05) is 0 Å². The molecule has 0 bridgehead atoms. The number of epoxide rings is 1. The lowest BCUT2D eigenvalue weighted by Gasteiger charge is -2.39. The number of fused-ring (bicyclic) bond motifs is 2. The number of aliphatic hydroxyl groups is 2. The number of carbonyl (C=O) groups excluding carboxylic acids is 1. The zero-order valence-electron chi connectivity index (χ0n) is 8.47. The molecule has 2 heterocycles. The van der Waals surface area contributed by atoms with E-state index >= 15 is 0 Å². The van der Waals surface area contributed by atoms with Crippen LogP contribution in [0.25, 0.3) is 0 Å². The summed E-state index contributed by atoms with van der Waals surface area (Å²) in [4.78, 5) is 11.5. The van der Waals surface area contributed by atoms with Crippen LogP contribution < -0.4 is 0 Å². The molecule has 3 aliphatic rings. The fraction of sp³-hybridized carbons (Fsp3) is 0.900. The third-order valence-corrected chi connectivity index (χ3v) is 3.95. The van der Waals surface area contributed by atoms with Crippen LogP contribution in [0, 0.1) is 5.92 Å². The number of rotatable bonds is 0. The van der Waals surface area contributed by atoms with Gasteiger partial charge >= 0.3 is 5.97 Å². The second kappa shape index (κ2) is 2.53. The van der Waals surface area contributed by atoms with Gasteiger partial charge in [-0.2, -0.15) is 0 Å². The molecule has 84 valence electrons. The van der Waals surface area contributed by atoms with E-state index in [4.69, 9.17) is 9.47 Å². The van der Waals surface area contributed by atoms with E-state index in [2.05, 4.69) is 0 Å². The van der Waals surface area contributed by atoms with Gasteiger partial charge in [-0.1, -0.05) is 0 Å². The first-order valence-electron chi connectivity index (χ1n) is 5.23. The van der Waals surface area contributed by atoms with Gasteiger partial charge in [0.2, 0.25) is 0 Å². The number of esters is 1. The Hall–Kier alpha value is -0.650. The minimum atomic E-state index is -1.16. The van der Waals surface area contributed by atoms with Gasteiger partial charge in [0.15, 0.2) is 5.60 Å². The lowest BCUT2D eigenvalue weighted by atomic mass is 9.72. The Labute approximate surface area is 87.0 Å². The predicted molar refractivity (Wildman–Crippen MR) is 47.9 cm³/mol. The molecule has 0 aromatic heterocycles. The quantitative estimate of drug-likeness (QED) is 0.408. The van der Waals surface area contributed by atoms with E-state index in [-0.39, 0.29) is 11.9 Å². The van der Waals surface area contributed by atoms with Gasteiger partial charge < -0.3 is 19.7 Å². The van der Waals surface area contributed by atoms with Crippen LogP contribution in [0.3, 0.4) is 0 Å². The Morgan fingerprint density at radius 3 is 2.80 bits per heavy atom. The highest BCUT2D eigenvalue weighted by Crippen LogP contribution is 2.52. The molecule has 5 atom stereocenters. The van der Waals surface area contributed by atoms with Crippen LogP contribution in [-0.4, -0.2) is 46.2 Å². The van der Waals surface area contributed by atoms with Crippen LogP contribution in [-0.2, 0) is 14.3 Å². The first kappa shape index (κ1) is 9.57. The molecule has 0 amide bonds. The molecular weight excluding hydrogens is 200 g/mol.